The predicted molar refractivity (Wildman–Crippen MR) is 124 cm³/mol. The van der Waals surface area contributed by atoms with Gasteiger partial charge in [-0.3, -0.25) is 9.59 Å². The number of para-hydroxylation sites is 1. The molecular formula is C25H30N2O7. The molecule has 2 aromatic carbocycles. The van der Waals surface area contributed by atoms with Crippen molar-refractivity contribution in [1.29, 1.82) is 0 Å². The number of ether oxygens (including phenoxy) is 4. The number of hydrogen-bond acceptors (Lipinski definition) is 7. The summed E-state index contributed by atoms with van der Waals surface area (Å²) < 4.78 is 22.3. The number of amides is 2. The highest BCUT2D eigenvalue weighted by atomic mass is 16.6. The fraction of sp³-hybridized carbons (Fsp3) is 0.440. The summed E-state index contributed by atoms with van der Waals surface area (Å²) in [7, 11) is 3.06. The average Bonchev–Trinajstić information content (AvgIpc) is 3.20. The van der Waals surface area contributed by atoms with E-state index >= 15 is 0 Å². The Balaban J connectivity index is 1.42. The Labute approximate surface area is 198 Å². The van der Waals surface area contributed by atoms with Crippen LogP contribution < -0.4 is 20.1 Å². The van der Waals surface area contributed by atoms with Gasteiger partial charge in [-0.1, -0.05) is 18.2 Å². The number of anilines is 1. The SMILES string of the molecule is COCC(=O)Nc1ccc2c(c1)[C@@H]1C[C@H](CC(=O)NCc3ccccc3OC)O[C@@H](CO)[C@@H]1O2. The molecule has 4 atom stereocenters. The number of methoxy groups -OCH3 is 2. The highest BCUT2D eigenvalue weighted by Crippen LogP contribution is 2.47. The van der Waals surface area contributed by atoms with E-state index in [0.29, 0.717) is 30.2 Å². The van der Waals surface area contributed by atoms with Crippen LogP contribution in [-0.4, -0.2) is 62.7 Å². The lowest BCUT2D eigenvalue weighted by molar-refractivity contribution is -0.142. The maximum absolute atomic E-state index is 12.7. The fourth-order valence-corrected chi connectivity index (χ4v) is 4.62. The zero-order valence-electron chi connectivity index (χ0n) is 19.3. The van der Waals surface area contributed by atoms with Crippen LogP contribution in [0.3, 0.4) is 0 Å². The number of fused-ring (bicyclic) bond motifs is 3. The Kier molecular flexibility index (Phi) is 7.66. The van der Waals surface area contributed by atoms with Crippen LogP contribution in [0, 0.1) is 0 Å². The smallest absolute Gasteiger partial charge is 0.250 e. The van der Waals surface area contributed by atoms with Gasteiger partial charge < -0.3 is 34.7 Å². The van der Waals surface area contributed by atoms with Crippen LogP contribution in [0.25, 0.3) is 0 Å². The van der Waals surface area contributed by atoms with Crippen molar-refractivity contribution in [2.24, 2.45) is 0 Å². The van der Waals surface area contributed by atoms with Crippen molar-refractivity contribution < 1.29 is 33.6 Å². The van der Waals surface area contributed by atoms with Gasteiger partial charge in [0.05, 0.1) is 26.2 Å². The highest BCUT2D eigenvalue weighted by Gasteiger charge is 2.46. The van der Waals surface area contributed by atoms with Crippen LogP contribution in [0.2, 0.25) is 0 Å². The van der Waals surface area contributed by atoms with Crippen LogP contribution in [0.15, 0.2) is 42.5 Å². The molecule has 34 heavy (non-hydrogen) atoms. The van der Waals surface area contributed by atoms with Gasteiger partial charge >= 0.3 is 0 Å². The predicted octanol–water partition coefficient (Wildman–Crippen LogP) is 1.98. The molecule has 0 spiro atoms. The summed E-state index contributed by atoms with van der Waals surface area (Å²) in [4.78, 5) is 24.6. The Bertz CT molecular complexity index is 1030. The fourth-order valence-electron chi connectivity index (χ4n) is 4.62. The third-order valence-electron chi connectivity index (χ3n) is 6.14. The summed E-state index contributed by atoms with van der Waals surface area (Å²) in [6, 6.07) is 13.0. The molecule has 182 valence electrons. The lowest BCUT2D eigenvalue weighted by atomic mass is 9.84. The minimum Gasteiger partial charge on any atom is -0.496 e. The molecule has 0 bridgehead atoms. The zero-order valence-corrected chi connectivity index (χ0v) is 19.3. The number of carbonyl (C=O) groups is 2. The van der Waals surface area contributed by atoms with Gasteiger partial charge in [0.2, 0.25) is 11.8 Å². The van der Waals surface area contributed by atoms with Crippen LogP contribution in [0.4, 0.5) is 5.69 Å². The molecule has 2 heterocycles. The van der Waals surface area contributed by atoms with E-state index in [-0.39, 0.29) is 49.6 Å². The summed E-state index contributed by atoms with van der Waals surface area (Å²) >= 11 is 0. The average molecular weight is 471 g/mol. The van der Waals surface area contributed by atoms with Gasteiger partial charge in [-0.15, -0.1) is 0 Å². The number of aliphatic hydroxyl groups is 1. The van der Waals surface area contributed by atoms with Crippen molar-refractivity contribution in [3.63, 3.8) is 0 Å². The van der Waals surface area contributed by atoms with E-state index < -0.39 is 6.10 Å². The summed E-state index contributed by atoms with van der Waals surface area (Å²) in [5, 5.41) is 15.6. The molecule has 3 N–H and O–H groups in total. The van der Waals surface area contributed by atoms with Crippen molar-refractivity contribution >= 4 is 17.5 Å². The molecule has 9 nitrogen and oxygen atoms in total. The summed E-state index contributed by atoms with van der Waals surface area (Å²) in [5.74, 6) is 0.955. The largest absolute Gasteiger partial charge is 0.496 e. The van der Waals surface area contributed by atoms with Crippen molar-refractivity contribution in [3.8, 4) is 11.5 Å². The van der Waals surface area contributed by atoms with Gasteiger partial charge in [0.15, 0.2) is 0 Å². The first kappa shape index (κ1) is 24.0. The second-order valence-electron chi connectivity index (χ2n) is 8.43. The molecule has 2 aliphatic heterocycles. The van der Waals surface area contributed by atoms with E-state index in [4.69, 9.17) is 18.9 Å². The molecular weight excluding hydrogens is 440 g/mol. The Morgan fingerprint density at radius 2 is 1.97 bits per heavy atom. The van der Waals surface area contributed by atoms with Crippen molar-refractivity contribution in [2.75, 3.05) is 32.8 Å². The normalized spacial score (nSPS) is 22.8. The van der Waals surface area contributed by atoms with E-state index in [1.165, 1.54) is 7.11 Å². The van der Waals surface area contributed by atoms with Crippen LogP contribution in [0.1, 0.15) is 29.9 Å². The maximum atomic E-state index is 12.7. The monoisotopic (exact) mass is 470 g/mol. The summed E-state index contributed by atoms with van der Waals surface area (Å²) in [5.41, 5.74) is 2.46. The first-order valence-electron chi connectivity index (χ1n) is 11.3. The van der Waals surface area contributed by atoms with E-state index in [1.54, 1.807) is 19.2 Å². The van der Waals surface area contributed by atoms with Crippen LogP contribution >= 0.6 is 0 Å². The van der Waals surface area contributed by atoms with Gasteiger partial charge in [-0.05, 0) is 30.7 Å². The lowest BCUT2D eigenvalue weighted by Gasteiger charge is -2.37. The van der Waals surface area contributed by atoms with E-state index in [0.717, 1.165) is 11.1 Å². The second-order valence-corrected chi connectivity index (χ2v) is 8.43. The third-order valence-corrected chi connectivity index (χ3v) is 6.14. The Morgan fingerprint density at radius 1 is 1.15 bits per heavy atom. The second kappa shape index (κ2) is 10.9. The van der Waals surface area contributed by atoms with E-state index in [9.17, 15) is 14.7 Å². The molecule has 2 aliphatic rings. The number of aliphatic hydroxyl groups excluding tert-OH is 1. The van der Waals surface area contributed by atoms with Gasteiger partial charge in [0, 0.05) is 36.4 Å². The summed E-state index contributed by atoms with van der Waals surface area (Å²) in [6.07, 6.45) is -0.555. The maximum Gasteiger partial charge on any atom is 0.250 e. The molecule has 1 saturated heterocycles. The molecule has 2 aromatic rings. The molecule has 4 rings (SSSR count). The van der Waals surface area contributed by atoms with Gasteiger partial charge in [0.25, 0.3) is 0 Å². The minimum absolute atomic E-state index is 0.0356. The molecule has 0 aromatic heterocycles. The lowest BCUT2D eigenvalue weighted by Crippen LogP contribution is -2.47. The summed E-state index contributed by atoms with van der Waals surface area (Å²) in [6.45, 7) is 0.0968. The van der Waals surface area contributed by atoms with E-state index in [1.807, 2.05) is 30.3 Å². The van der Waals surface area contributed by atoms with Crippen molar-refractivity contribution in [3.05, 3.63) is 53.6 Å². The number of nitrogens with one attached hydrogen (secondary N) is 2. The van der Waals surface area contributed by atoms with Crippen LogP contribution in [-0.2, 0) is 25.6 Å². The molecule has 0 unspecified atom stereocenters. The highest BCUT2D eigenvalue weighted by molar-refractivity contribution is 5.92. The minimum atomic E-state index is -0.551. The van der Waals surface area contributed by atoms with Gasteiger partial charge in [-0.25, -0.2) is 0 Å². The number of rotatable bonds is 9. The standard InChI is InChI=1S/C25H30N2O7/c1-31-14-24(30)27-16-7-8-21-18(9-16)19-10-17(33-22(13-28)25(19)34-21)11-23(29)26-12-15-5-3-4-6-20(15)32-2/h3-9,17,19,22,25,28H,10-14H2,1-2H3,(H,26,29)(H,27,30)/t17-,19+,22+,25-/m1/s1. The number of hydrogen-bond donors (Lipinski definition) is 3. The van der Waals surface area contributed by atoms with Gasteiger partial charge in [-0.2, -0.15) is 0 Å². The van der Waals surface area contributed by atoms with Crippen molar-refractivity contribution in [1.82, 2.24) is 5.32 Å². The molecule has 0 radical (unpaired) electrons. The van der Waals surface area contributed by atoms with Gasteiger partial charge in [0.1, 0.15) is 30.3 Å². The van der Waals surface area contributed by atoms with E-state index in [2.05, 4.69) is 10.6 Å². The molecule has 0 saturated carbocycles. The molecule has 2 amide bonds. The van der Waals surface area contributed by atoms with Crippen LogP contribution in [0.5, 0.6) is 11.5 Å². The first-order valence-corrected chi connectivity index (χ1v) is 11.3. The molecule has 0 aliphatic carbocycles. The number of benzene rings is 2. The Hall–Kier alpha value is -3.14. The first-order chi connectivity index (χ1) is 16.5. The molecule has 9 heteroatoms. The number of carbonyl (C=O) groups excluding carboxylic acids is 2. The van der Waals surface area contributed by atoms with Crippen molar-refractivity contribution in [2.45, 2.75) is 43.6 Å². The topological polar surface area (TPSA) is 115 Å². The Morgan fingerprint density at radius 3 is 2.74 bits per heavy atom. The quantitative estimate of drug-likeness (QED) is 0.513. The third kappa shape index (κ3) is 5.32. The molecule has 1 fully saturated rings. The zero-order chi connectivity index (χ0) is 24.1.